The molecule has 1 aromatic carbocycles. The zero-order chi connectivity index (χ0) is 11.8. The number of aromatic nitrogens is 1. The topological polar surface area (TPSA) is 40.2 Å². The summed E-state index contributed by atoms with van der Waals surface area (Å²) in [6, 6.07) is 8.10. The van der Waals surface area contributed by atoms with Crippen LogP contribution in [-0.2, 0) is 0 Å². The zero-order valence-electron chi connectivity index (χ0n) is 9.60. The van der Waals surface area contributed by atoms with Crippen LogP contribution in [0.15, 0.2) is 30.5 Å². The fourth-order valence-corrected chi connectivity index (χ4v) is 1.82. The average Bonchev–Trinajstić information content (AvgIpc) is 2.56. The highest BCUT2D eigenvalue weighted by atomic mass is 31.0. The molecule has 0 bridgehead atoms. The fourth-order valence-electron chi connectivity index (χ4n) is 1.50. The molecule has 16 heavy (non-hydrogen) atoms. The molecule has 2 rings (SSSR count). The maximum Gasteiger partial charge on any atom is 0.120 e. The second-order valence-electron chi connectivity index (χ2n) is 4.72. The van der Waals surface area contributed by atoms with Gasteiger partial charge in [0.15, 0.2) is 0 Å². The largest absolute Gasteiger partial charge is 0.492 e. The van der Waals surface area contributed by atoms with Gasteiger partial charge in [-0.3, -0.25) is 0 Å². The summed E-state index contributed by atoms with van der Waals surface area (Å²) in [5.74, 6) is 0.863. The van der Waals surface area contributed by atoms with Crippen LogP contribution in [0, 0.1) is 0 Å². The molecule has 1 atom stereocenters. The maximum atomic E-state index is 5.87. The van der Waals surface area contributed by atoms with Crippen LogP contribution < -0.4 is 10.5 Å². The molecule has 0 amide bonds. The Balaban J connectivity index is 2.20. The van der Waals surface area contributed by atoms with Crippen molar-refractivity contribution in [1.82, 2.24) is 4.34 Å². The number of ether oxygens (including phenoxy) is 1. The quantitative estimate of drug-likeness (QED) is 0.831. The molecule has 0 saturated heterocycles. The van der Waals surface area contributed by atoms with Gasteiger partial charge < -0.3 is 14.8 Å². The summed E-state index contributed by atoms with van der Waals surface area (Å²) in [6.45, 7) is 4.41. The molecule has 0 aliphatic carbocycles. The van der Waals surface area contributed by atoms with E-state index in [1.54, 1.807) is 0 Å². The van der Waals surface area contributed by atoms with E-state index < -0.39 is 0 Å². The molecular formula is C12H17N2OP. The third-order valence-electron chi connectivity index (χ3n) is 2.30. The van der Waals surface area contributed by atoms with E-state index in [0.717, 1.165) is 5.75 Å². The molecule has 2 N–H and O–H groups in total. The van der Waals surface area contributed by atoms with Crippen molar-refractivity contribution < 1.29 is 4.74 Å². The third kappa shape index (κ3) is 2.55. The first kappa shape index (κ1) is 11.4. The van der Waals surface area contributed by atoms with Crippen LogP contribution >= 0.6 is 9.39 Å². The number of nitrogens with two attached hydrogens (primary N) is 1. The smallest absolute Gasteiger partial charge is 0.120 e. The van der Waals surface area contributed by atoms with Crippen molar-refractivity contribution >= 4 is 20.3 Å². The summed E-state index contributed by atoms with van der Waals surface area (Å²) in [5.41, 5.74) is 6.73. The molecule has 4 heteroatoms. The first-order valence-electron chi connectivity index (χ1n) is 5.24. The number of rotatable bonds is 3. The van der Waals surface area contributed by atoms with E-state index in [0.29, 0.717) is 6.61 Å². The van der Waals surface area contributed by atoms with E-state index in [-0.39, 0.29) is 5.54 Å². The van der Waals surface area contributed by atoms with Crippen molar-refractivity contribution in [3.8, 4) is 5.75 Å². The van der Waals surface area contributed by atoms with Gasteiger partial charge in [0.2, 0.25) is 0 Å². The highest BCUT2D eigenvalue weighted by Crippen LogP contribution is 2.23. The summed E-state index contributed by atoms with van der Waals surface area (Å²) >= 11 is 0. The number of nitrogens with zero attached hydrogens (tertiary/aromatic N) is 1. The molecule has 3 nitrogen and oxygen atoms in total. The highest BCUT2D eigenvalue weighted by Gasteiger charge is 2.11. The molecular weight excluding hydrogens is 219 g/mol. The van der Waals surface area contributed by atoms with Crippen LogP contribution in [0.1, 0.15) is 13.8 Å². The van der Waals surface area contributed by atoms with E-state index in [4.69, 9.17) is 10.5 Å². The molecule has 2 aromatic rings. The Hall–Kier alpha value is -1.05. The van der Waals surface area contributed by atoms with E-state index in [1.807, 2.05) is 42.6 Å². The van der Waals surface area contributed by atoms with E-state index in [1.165, 1.54) is 10.9 Å². The third-order valence-corrected chi connectivity index (χ3v) is 2.75. The van der Waals surface area contributed by atoms with Crippen molar-refractivity contribution in [1.29, 1.82) is 0 Å². The molecule has 0 aliphatic rings. The van der Waals surface area contributed by atoms with Gasteiger partial charge in [-0.25, -0.2) is 0 Å². The Kier molecular flexibility index (Phi) is 2.92. The lowest BCUT2D eigenvalue weighted by Gasteiger charge is -2.19. The minimum absolute atomic E-state index is 0.304. The van der Waals surface area contributed by atoms with Gasteiger partial charge in [0.25, 0.3) is 0 Å². The van der Waals surface area contributed by atoms with Crippen molar-refractivity contribution in [2.45, 2.75) is 19.4 Å². The molecule has 0 radical (unpaired) electrons. The number of benzene rings is 1. The van der Waals surface area contributed by atoms with Crippen molar-refractivity contribution in [2.75, 3.05) is 6.61 Å². The Morgan fingerprint density at radius 3 is 2.81 bits per heavy atom. The summed E-state index contributed by atoms with van der Waals surface area (Å²) in [6.07, 6.45) is 2.01. The summed E-state index contributed by atoms with van der Waals surface area (Å²) in [4.78, 5) is 0. The van der Waals surface area contributed by atoms with Crippen LogP contribution in [0.25, 0.3) is 10.9 Å². The van der Waals surface area contributed by atoms with Gasteiger partial charge >= 0.3 is 0 Å². The Bertz CT molecular complexity index is 499. The average molecular weight is 236 g/mol. The minimum atomic E-state index is -0.304. The SMILES string of the molecule is CC(C)(N)COc1ccc2c(ccn2P)c1. The highest BCUT2D eigenvalue weighted by molar-refractivity contribution is 7.14. The van der Waals surface area contributed by atoms with Crippen molar-refractivity contribution in [2.24, 2.45) is 5.73 Å². The normalized spacial score (nSPS) is 12.0. The van der Waals surface area contributed by atoms with Crippen LogP contribution in [0.4, 0.5) is 0 Å². The van der Waals surface area contributed by atoms with Crippen molar-refractivity contribution in [3.05, 3.63) is 30.5 Å². The maximum absolute atomic E-state index is 5.87. The van der Waals surface area contributed by atoms with Crippen LogP contribution in [-0.4, -0.2) is 16.5 Å². The molecule has 0 saturated carbocycles. The van der Waals surface area contributed by atoms with E-state index in [9.17, 15) is 0 Å². The van der Waals surface area contributed by atoms with Gasteiger partial charge in [-0.15, -0.1) is 0 Å². The molecule has 0 spiro atoms. The number of hydrogen-bond donors (Lipinski definition) is 1. The lowest BCUT2D eigenvalue weighted by atomic mass is 10.1. The van der Waals surface area contributed by atoms with Crippen LogP contribution in [0.5, 0.6) is 5.75 Å². The predicted molar refractivity (Wildman–Crippen MR) is 70.8 cm³/mol. The molecule has 86 valence electrons. The first-order valence-corrected chi connectivity index (χ1v) is 5.75. The van der Waals surface area contributed by atoms with Gasteiger partial charge in [0, 0.05) is 17.1 Å². The van der Waals surface area contributed by atoms with Crippen molar-refractivity contribution in [3.63, 3.8) is 0 Å². The van der Waals surface area contributed by atoms with E-state index in [2.05, 4.69) is 15.5 Å². The first-order chi connectivity index (χ1) is 7.46. The Morgan fingerprint density at radius 1 is 1.38 bits per heavy atom. The minimum Gasteiger partial charge on any atom is -0.492 e. The van der Waals surface area contributed by atoms with Crippen LogP contribution in [0.2, 0.25) is 0 Å². The molecule has 1 aromatic heterocycles. The molecule has 1 heterocycles. The Labute approximate surface area is 97.8 Å². The van der Waals surface area contributed by atoms with E-state index >= 15 is 0 Å². The summed E-state index contributed by atoms with van der Waals surface area (Å²) in [7, 11) is 2.65. The standard InChI is InChI=1S/C12H17N2OP/c1-12(2,13)8-15-10-3-4-11-9(7-10)5-6-14(11)16/h3-7H,8,13,16H2,1-2H3. The van der Waals surface area contributed by atoms with Gasteiger partial charge in [-0.1, -0.05) is 0 Å². The fraction of sp³-hybridized carbons (Fsp3) is 0.333. The van der Waals surface area contributed by atoms with Gasteiger partial charge in [-0.05, 0) is 47.5 Å². The molecule has 0 fully saturated rings. The van der Waals surface area contributed by atoms with Crippen LogP contribution in [0.3, 0.4) is 0 Å². The number of hydrogen-bond acceptors (Lipinski definition) is 2. The van der Waals surface area contributed by atoms with Gasteiger partial charge in [-0.2, -0.15) is 0 Å². The monoisotopic (exact) mass is 236 g/mol. The second kappa shape index (κ2) is 4.08. The lowest BCUT2D eigenvalue weighted by Crippen LogP contribution is -2.38. The number of fused-ring (bicyclic) bond motifs is 1. The van der Waals surface area contributed by atoms with Gasteiger partial charge in [0.05, 0.1) is 5.52 Å². The molecule has 1 unspecified atom stereocenters. The summed E-state index contributed by atoms with van der Waals surface area (Å²) in [5, 5.41) is 1.17. The summed E-state index contributed by atoms with van der Waals surface area (Å²) < 4.78 is 7.65. The Morgan fingerprint density at radius 2 is 2.12 bits per heavy atom. The second-order valence-corrected chi connectivity index (χ2v) is 5.28. The predicted octanol–water partition coefficient (Wildman–Crippen LogP) is 2.40. The zero-order valence-corrected chi connectivity index (χ0v) is 10.8. The molecule has 0 aliphatic heterocycles. The lowest BCUT2D eigenvalue weighted by molar-refractivity contribution is 0.243. The van der Waals surface area contributed by atoms with Gasteiger partial charge in [0.1, 0.15) is 12.4 Å².